The quantitative estimate of drug-likeness (QED) is 0.594. The van der Waals surface area contributed by atoms with Crippen LogP contribution in [0.4, 0.5) is 0 Å². The molecule has 2 aliphatic rings. The van der Waals surface area contributed by atoms with Crippen LogP contribution >= 0.6 is 0 Å². The van der Waals surface area contributed by atoms with Gasteiger partial charge in [-0.1, -0.05) is 13.8 Å². The Morgan fingerprint density at radius 1 is 1.21 bits per heavy atom. The van der Waals surface area contributed by atoms with Crippen LogP contribution in [0.15, 0.2) is 27.8 Å². The van der Waals surface area contributed by atoms with Crippen LogP contribution in [0.25, 0.3) is 0 Å². The molecular formula is C21H34N4O3. The topological polar surface area (TPSA) is 70.3 Å². The van der Waals surface area contributed by atoms with Crippen molar-refractivity contribution >= 4 is 11.9 Å². The van der Waals surface area contributed by atoms with E-state index in [1.165, 1.54) is 0 Å². The lowest BCUT2D eigenvalue weighted by molar-refractivity contribution is -0.140. The first kappa shape index (κ1) is 20.7. The van der Waals surface area contributed by atoms with Crippen molar-refractivity contribution in [1.29, 1.82) is 0 Å². The predicted molar refractivity (Wildman–Crippen MR) is 109 cm³/mol. The molecule has 0 aromatic carbocycles. The van der Waals surface area contributed by atoms with Gasteiger partial charge in [0.05, 0.1) is 19.5 Å². The molecule has 2 fully saturated rings. The van der Waals surface area contributed by atoms with Gasteiger partial charge in [0.25, 0.3) is 0 Å². The molecule has 7 nitrogen and oxygen atoms in total. The van der Waals surface area contributed by atoms with Crippen LogP contribution < -0.4 is 5.32 Å². The first-order chi connectivity index (χ1) is 13.6. The van der Waals surface area contributed by atoms with Crippen molar-refractivity contribution in [3.05, 3.63) is 24.2 Å². The molecule has 0 unspecified atom stereocenters. The van der Waals surface area contributed by atoms with Crippen LogP contribution in [-0.2, 0) is 16.0 Å². The number of piperidine rings is 1. The third-order valence-electron chi connectivity index (χ3n) is 5.31. The van der Waals surface area contributed by atoms with Gasteiger partial charge in [-0.15, -0.1) is 0 Å². The summed E-state index contributed by atoms with van der Waals surface area (Å²) in [4.78, 5) is 21.8. The molecule has 0 bridgehead atoms. The Kier molecular flexibility index (Phi) is 7.77. The van der Waals surface area contributed by atoms with E-state index < -0.39 is 0 Å². The second-order valence-electron chi connectivity index (χ2n) is 8.01. The maximum absolute atomic E-state index is 12.7. The summed E-state index contributed by atoms with van der Waals surface area (Å²) in [6.07, 6.45) is 4.31. The van der Waals surface area contributed by atoms with Crippen LogP contribution in [0.1, 0.15) is 32.4 Å². The van der Waals surface area contributed by atoms with Crippen molar-refractivity contribution in [3.8, 4) is 0 Å². The number of hydrogen-bond acceptors (Lipinski definition) is 4. The van der Waals surface area contributed by atoms with Gasteiger partial charge in [0.1, 0.15) is 5.76 Å². The van der Waals surface area contributed by atoms with E-state index in [4.69, 9.17) is 14.1 Å². The Labute approximate surface area is 168 Å². The van der Waals surface area contributed by atoms with Crippen molar-refractivity contribution in [2.75, 3.05) is 52.5 Å². The Morgan fingerprint density at radius 3 is 2.61 bits per heavy atom. The van der Waals surface area contributed by atoms with Gasteiger partial charge in [0.15, 0.2) is 5.96 Å². The van der Waals surface area contributed by atoms with E-state index in [9.17, 15) is 4.79 Å². The number of aliphatic imine (C=N–C) groups is 1. The summed E-state index contributed by atoms with van der Waals surface area (Å²) in [5.41, 5.74) is 0. The van der Waals surface area contributed by atoms with Crippen LogP contribution in [0.2, 0.25) is 0 Å². The lowest BCUT2D eigenvalue weighted by Gasteiger charge is -2.37. The van der Waals surface area contributed by atoms with Gasteiger partial charge in [-0.3, -0.25) is 9.79 Å². The molecular weight excluding hydrogens is 356 g/mol. The highest BCUT2D eigenvalue weighted by atomic mass is 16.5. The lowest BCUT2D eigenvalue weighted by atomic mass is 9.95. The molecule has 3 rings (SSSR count). The van der Waals surface area contributed by atoms with Gasteiger partial charge in [0.2, 0.25) is 5.91 Å². The van der Waals surface area contributed by atoms with E-state index in [1.54, 1.807) is 6.26 Å². The number of carbonyl (C=O) groups is 1. The average molecular weight is 391 g/mol. The molecule has 156 valence electrons. The zero-order chi connectivity index (χ0) is 19.8. The first-order valence-electron chi connectivity index (χ1n) is 10.6. The number of furan rings is 1. The highest BCUT2D eigenvalue weighted by Gasteiger charge is 2.30. The summed E-state index contributed by atoms with van der Waals surface area (Å²) in [6, 6.07) is 3.91. The third-order valence-corrected chi connectivity index (χ3v) is 5.31. The summed E-state index contributed by atoms with van der Waals surface area (Å²) in [7, 11) is 0. The number of hydrogen-bond donors (Lipinski definition) is 1. The number of rotatable bonds is 6. The second-order valence-corrected chi connectivity index (χ2v) is 8.01. The van der Waals surface area contributed by atoms with Crippen molar-refractivity contribution in [2.45, 2.75) is 33.1 Å². The smallest absolute Gasteiger partial charge is 0.225 e. The Morgan fingerprint density at radius 2 is 1.96 bits per heavy atom. The summed E-state index contributed by atoms with van der Waals surface area (Å²) in [5.74, 6) is 2.88. The van der Waals surface area contributed by atoms with Crippen molar-refractivity contribution in [2.24, 2.45) is 16.8 Å². The molecule has 1 aromatic rings. The number of carbonyl (C=O) groups excluding carboxylic acids is 1. The monoisotopic (exact) mass is 390 g/mol. The molecule has 0 atom stereocenters. The van der Waals surface area contributed by atoms with Crippen LogP contribution in [0.3, 0.4) is 0 Å². The van der Waals surface area contributed by atoms with E-state index in [2.05, 4.69) is 24.1 Å². The average Bonchev–Trinajstić information content (AvgIpc) is 3.24. The molecule has 0 radical (unpaired) electrons. The van der Waals surface area contributed by atoms with Crippen LogP contribution in [0, 0.1) is 11.8 Å². The number of guanidine groups is 1. The molecule has 3 heterocycles. The fourth-order valence-electron chi connectivity index (χ4n) is 3.67. The standard InChI is InChI=1S/C21H34N4O3/c1-17(2)16-23-21(22-8-5-19-4-3-13-28-19)25-9-6-18(7-10-25)20(26)24-11-14-27-15-12-24/h3-4,13,17-18H,5-12,14-16H2,1-2H3,(H,22,23). The molecule has 0 saturated carbocycles. The van der Waals surface area contributed by atoms with Gasteiger partial charge in [-0.25, -0.2) is 0 Å². The van der Waals surface area contributed by atoms with Crippen LogP contribution in [-0.4, -0.2) is 74.1 Å². The molecule has 28 heavy (non-hydrogen) atoms. The summed E-state index contributed by atoms with van der Waals surface area (Å²) in [5, 5.41) is 3.49. The maximum atomic E-state index is 12.7. The normalized spacial score (nSPS) is 19.3. The lowest BCUT2D eigenvalue weighted by Crippen LogP contribution is -2.50. The van der Waals surface area contributed by atoms with Crippen molar-refractivity contribution < 1.29 is 13.9 Å². The van der Waals surface area contributed by atoms with Crippen molar-refractivity contribution in [3.63, 3.8) is 0 Å². The van der Waals surface area contributed by atoms with E-state index in [0.717, 1.165) is 70.3 Å². The van der Waals surface area contributed by atoms with Gasteiger partial charge < -0.3 is 24.3 Å². The van der Waals surface area contributed by atoms with Crippen molar-refractivity contribution in [1.82, 2.24) is 15.1 Å². The number of nitrogens with zero attached hydrogens (tertiary/aromatic N) is 3. The molecule has 1 amide bonds. The summed E-state index contributed by atoms with van der Waals surface area (Å²) in [6.45, 7) is 10.5. The van der Waals surface area contributed by atoms with E-state index in [1.807, 2.05) is 17.0 Å². The fourth-order valence-corrected chi connectivity index (χ4v) is 3.67. The highest BCUT2D eigenvalue weighted by Crippen LogP contribution is 2.20. The minimum Gasteiger partial charge on any atom is -0.469 e. The minimum atomic E-state index is 0.129. The summed E-state index contributed by atoms with van der Waals surface area (Å²) < 4.78 is 10.8. The highest BCUT2D eigenvalue weighted by molar-refractivity contribution is 5.82. The van der Waals surface area contributed by atoms with Gasteiger partial charge in [-0.2, -0.15) is 0 Å². The van der Waals surface area contributed by atoms with E-state index in [-0.39, 0.29) is 5.92 Å². The largest absolute Gasteiger partial charge is 0.469 e. The Balaban J connectivity index is 1.51. The maximum Gasteiger partial charge on any atom is 0.225 e. The second kappa shape index (κ2) is 10.5. The Hall–Kier alpha value is -2.02. The minimum absolute atomic E-state index is 0.129. The molecule has 0 aliphatic carbocycles. The number of nitrogens with one attached hydrogen (secondary N) is 1. The Bertz CT molecular complexity index is 616. The summed E-state index contributed by atoms with van der Waals surface area (Å²) >= 11 is 0. The predicted octanol–water partition coefficient (Wildman–Crippen LogP) is 1.99. The number of likely N-dealkylation sites (tertiary alicyclic amines) is 1. The molecule has 0 spiro atoms. The van der Waals surface area contributed by atoms with Gasteiger partial charge in [-0.05, 0) is 30.9 Å². The zero-order valence-corrected chi connectivity index (χ0v) is 17.2. The molecule has 2 saturated heterocycles. The molecule has 2 aliphatic heterocycles. The molecule has 1 aromatic heterocycles. The molecule has 7 heteroatoms. The van der Waals surface area contributed by atoms with E-state index in [0.29, 0.717) is 25.0 Å². The number of ether oxygens (including phenoxy) is 1. The third kappa shape index (κ3) is 5.99. The zero-order valence-electron chi connectivity index (χ0n) is 17.2. The molecule has 1 N–H and O–H groups in total. The number of amides is 1. The fraction of sp³-hybridized carbons (Fsp3) is 0.714. The first-order valence-corrected chi connectivity index (χ1v) is 10.6. The van der Waals surface area contributed by atoms with E-state index >= 15 is 0 Å². The number of morpholine rings is 1. The SMILES string of the molecule is CC(C)CN=C(NCCc1ccco1)N1CCC(C(=O)N2CCOCC2)CC1. The van der Waals surface area contributed by atoms with Gasteiger partial charge in [0, 0.05) is 51.6 Å². The van der Waals surface area contributed by atoms with Gasteiger partial charge >= 0.3 is 0 Å². The van der Waals surface area contributed by atoms with Crippen LogP contribution in [0.5, 0.6) is 0 Å².